The van der Waals surface area contributed by atoms with E-state index in [0.29, 0.717) is 16.6 Å². The van der Waals surface area contributed by atoms with E-state index in [1.165, 1.54) is 11.8 Å². The maximum Gasteiger partial charge on any atom is 0.231 e. The summed E-state index contributed by atoms with van der Waals surface area (Å²) < 4.78 is 5.32. The van der Waals surface area contributed by atoms with Gasteiger partial charge in [0.2, 0.25) is 11.1 Å². The summed E-state index contributed by atoms with van der Waals surface area (Å²) in [6.45, 7) is 1.88. The summed E-state index contributed by atoms with van der Waals surface area (Å²) in [4.78, 5) is 17.0. The number of rotatable bonds is 7. The first-order valence-electron chi connectivity index (χ1n) is 9.52. The molecule has 0 fully saturated rings. The zero-order valence-corrected chi connectivity index (χ0v) is 17.2. The first-order chi connectivity index (χ1) is 14.7. The van der Waals surface area contributed by atoms with Crippen LogP contribution in [0.5, 0.6) is 0 Å². The minimum atomic E-state index is -0.201. The number of hydrogen-bond acceptors (Lipinski definition) is 6. The Hall–Kier alpha value is -3.45. The smallest absolute Gasteiger partial charge is 0.231 e. The molecule has 1 atom stereocenters. The summed E-state index contributed by atoms with van der Waals surface area (Å²) >= 11 is 1.25. The van der Waals surface area contributed by atoms with Gasteiger partial charge >= 0.3 is 0 Å². The average molecular weight is 417 g/mol. The van der Waals surface area contributed by atoms with E-state index in [2.05, 4.69) is 15.5 Å². The van der Waals surface area contributed by atoms with Crippen LogP contribution in [0.1, 0.15) is 18.7 Å². The van der Waals surface area contributed by atoms with Gasteiger partial charge in [-0.15, -0.1) is 10.2 Å². The van der Waals surface area contributed by atoms with Gasteiger partial charge in [-0.3, -0.25) is 4.79 Å². The molecule has 0 saturated carbocycles. The third kappa shape index (κ3) is 4.75. The molecule has 2 heterocycles. The Kier molecular flexibility index (Phi) is 6.20. The number of aromatic nitrogens is 3. The highest BCUT2D eigenvalue weighted by Crippen LogP contribution is 2.29. The van der Waals surface area contributed by atoms with E-state index in [1.807, 2.05) is 73.7 Å². The molecule has 2 aromatic carbocycles. The van der Waals surface area contributed by atoms with E-state index >= 15 is 0 Å². The predicted octanol–water partition coefficient (Wildman–Crippen LogP) is 4.77. The van der Waals surface area contributed by atoms with Crippen LogP contribution in [0.25, 0.3) is 22.5 Å². The number of thioether (sulfide) groups is 1. The second-order valence-corrected chi connectivity index (χ2v) is 7.56. The molecular formula is C23H20N4O2S. The van der Waals surface area contributed by atoms with Crippen molar-refractivity contribution in [2.75, 3.05) is 5.75 Å². The van der Waals surface area contributed by atoms with Gasteiger partial charge in [-0.1, -0.05) is 72.4 Å². The number of furan rings is 1. The van der Waals surface area contributed by atoms with Crippen LogP contribution in [0.15, 0.2) is 88.6 Å². The third-order valence-corrected chi connectivity index (χ3v) is 5.28. The molecule has 0 spiro atoms. The molecule has 0 aliphatic carbocycles. The van der Waals surface area contributed by atoms with Gasteiger partial charge in [0.1, 0.15) is 17.1 Å². The Balaban J connectivity index is 1.52. The van der Waals surface area contributed by atoms with Crippen LogP contribution in [0.3, 0.4) is 0 Å². The first-order valence-corrected chi connectivity index (χ1v) is 10.5. The van der Waals surface area contributed by atoms with Gasteiger partial charge in [0.05, 0.1) is 18.1 Å². The van der Waals surface area contributed by atoms with Crippen LogP contribution in [0.2, 0.25) is 0 Å². The van der Waals surface area contributed by atoms with E-state index in [9.17, 15) is 4.79 Å². The minimum absolute atomic E-state index is 0.124. The molecule has 0 saturated heterocycles. The Morgan fingerprint density at radius 1 is 0.933 bits per heavy atom. The lowest BCUT2D eigenvalue weighted by Gasteiger charge is -2.11. The predicted molar refractivity (Wildman–Crippen MR) is 117 cm³/mol. The summed E-state index contributed by atoms with van der Waals surface area (Å²) in [5.41, 5.74) is 3.34. The summed E-state index contributed by atoms with van der Waals surface area (Å²) in [5.74, 6) is 0.775. The van der Waals surface area contributed by atoms with Crippen LogP contribution in [0.4, 0.5) is 0 Å². The van der Waals surface area contributed by atoms with Crippen molar-refractivity contribution in [3.05, 3.63) is 84.8 Å². The molecule has 1 amide bonds. The molecule has 0 bridgehead atoms. The molecule has 1 N–H and O–H groups in total. The van der Waals surface area contributed by atoms with Gasteiger partial charge in [-0.05, 0) is 19.1 Å². The van der Waals surface area contributed by atoms with Gasteiger partial charge < -0.3 is 9.73 Å². The van der Waals surface area contributed by atoms with Gasteiger partial charge in [-0.2, -0.15) is 0 Å². The molecule has 30 heavy (non-hydrogen) atoms. The normalized spacial score (nSPS) is 11.8. The number of hydrogen-bond donors (Lipinski definition) is 1. The Morgan fingerprint density at radius 2 is 1.60 bits per heavy atom. The maximum atomic E-state index is 12.3. The van der Waals surface area contributed by atoms with Crippen molar-refractivity contribution in [1.29, 1.82) is 0 Å². The van der Waals surface area contributed by atoms with Crippen molar-refractivity contribution in [3.8, 4) is 22.5 Å². The topological polar surface area (TPSA) is 80.9 Å². The minimum Gasteiger partial charge on any atom is -0.467 e. The van der Waals surface area contributed by atoms with E-state index < -0.39 is 0 Å². The molecule has 150 valence electrons. The SMILES string of the molecule is CC(NC(=O)CSc1nnc(-c2ccccc2)c(-c2ccccc2)n1)c1ccco1. The molecule has 0 radical (unpaired) electrons. The fourth-order valence-corrected chi connectivity index (χ4v) is 3.58. The van der Waals surface area contributed by atoms with E-state index in [-0.39, 0.29) is 17.7 Å². The standard InChI is InChI=1S/C23H20N4O2S/c1-16(19-13-8-14-29-19)24-20(28)15-30-23-25-21(17-9-4-2-5-10-17)22(26-27-23)18-11-6-3-7-12-18/h2-14,16H,15H2,1H3,(H,24,28). The highest BCUT2D eigenvalue weighted by Gasteiger charge is 2.16. The molecular weight excluding hydrogens is 396 g/mol. The fraction of sp³-hybridized carbons (Fsp3) is 0.130. The second-order valence-electron chi connectivity index (χ2n) is 6.62. The van der Waals surface area contributed by atoms with Gasteiger partial charge in [-0.25, -0.2) is 4.98 Å². The first kappa shape index (κ1) is 19.8. The van der Waals surface area contributed by atoms with Crippen molar-refractivity contribution in [3.63, 3.8) is 0 Å². The molecule has 2 aromatic heterocycles. The molecule has 7 heteroatoms. The third-order valence-electron chi connectivity index (χ3n) is 4.44. The monoisotopic (exact) mass is 416 g/mol. The lowest BCUT2D eigenvalue weighted by atomic mass is 10.0. The Morgan fingerprint density at radius 3 is 2.23 bits per heavy atom. The van der Waals surface area contributed by atoms with E-state index in [1.54, 1.807) is 12.3 Å². The van der Waals surface area contributed by atoms with Crippen LogP contribution in [0, 0.1) is 0 Å². The molecule has 6 nitrogen and oxygen atoms in total. The van der Waals surface area contributed by atoms with Crippen molar-refractivity contribution in [2.24, 2.45) is 0 Å². The highest BCUT2D eigenvalue weighted by molar-refractivity contribution is 7.99. The van der Waals surface area contributed by atoms with E-state index in [4.69, 9.17) is 9.40 Å². The zero-order chi connectivity index (χ0) is 20.8. The summed E-state index contributed by atoms with van der Waals surface area (Å²) in [5, 5.41) is 12.0. The van der Waals surface area contributed by atoms with Gasteiger partial charge in [0, 0.05) is 11.1 Å². The number of nitrogens with one attached hydrogen (secondary N) is 1. The molecule has 4 aromatic rings. The van der Waals surface area contributed by atoms with Gasteiger partial charge in [0.25, 0.3) is 0 Å². The fourth-order valence-electron chi connectivity index (χ4n) is 2.98. The lowest BCUT2D eigenvalue weighted by molar-refractivity contribution is -0.119. The van der Waals surface area contributed by atoms with Crippen LogP contribution in [-0.2, 0) is 4.79 Å². The number of amides is 1. The largest absolute Gasteiger partial charge is 0.467 e. The summed E-state index contributed by atoms with van der Waals surface area (Å²) in [6, 6.07) is 23.1. The van der Waals surface area contributed by atoms with Crippen LogP contribution < -0.4 is 5.32 Å². The number of carbonyl (C=O) groups excluding carboxylic acids is 1. The molecule has 0 aliphatic rings. The zero-order valence-electron chi connectivity index (χ0n) is 16.4. The Bertz CT molecular complexity index is 1100. The highest BCUT2D eigenvalue weighted by atomic mass is 32.2. The van der Waals surface area contributed by atoms with E-state index in [0.717, 1.165) is 16.8 Å². The van der Waals surface area contributed by atoms with Crippen molar-refractivity contribution < 1.29 is 9.21 Å². The molecule has 0 aliphatic heterocycles. The van der Waals surface area contributed by atoms with Crippen molar-refractivity contribution >= 4 is 17.7 Å². The maximum absolute atomic E-state index is 12.3. The number of benzene rings is 2. The molecule has 1 unspecified atom stereocenters. The average Bonchev–Trinajstić information content (AvgIpc) is 3.34. The summed E-state index contributed by atoms with van der Waals surface area (Å²) in [6.07, 6.45) is 1.59. The van der Waals surface area contributed by atoms with Crippen molar-refractivity contribution in [2.45, 2.75) is 18.1 Å². The van der Waals surface area contributed by atoms with Crippen LogP contribution in [-0.4, -0.2) is 26.8 Å². The van der Waals surface area contributed by atoms with Gasteiger partial charge in [0.15, 0.2) is 0 Å². The summed E-state index contributed by atoms with van der Waals surface area (Å²) in [7, 11) is 0. The quantitative estimate of drug-likeness (QED) is 0.437. The lowest BCUT2D eigenvalue weighted by Crippen LogP contribution is -2.28. The van der Waals surface area contributed by atoms with Crippen LogP contribution >= 0.6 is 11.8 Å². The second kappa shape index (κ2) is 9.37. The molecule has 4 rings (SSSR count). The Labute approximate surface area is 178 Å². The number of nitrogens with zero attached hydrogens (tertiary/aromatic N) is 3. The number of carbonyl (C=O) groups is 1. The van der Waals surface area contributed by atoms with Crippen molar-refractivity contribution in [1.82, 2.24) is 20.5 Å².